The maximum absolute atomic E-state index is 13.1. The predicted octanol–water partition coefficient (Wildman–Crippen LogP) is -1.10. The standard InChI is InChI=1S/C23H35BN4O7/c29-18-9-10-28(16-18)23(32)25-19(15-21(30)27-11-13-35-14-12-27)22(31)26-20(24(33)34)8-4-7-17-5-2-1-3-6-17/h1-3,5-6,18-20,29,33-34H,4,7-16H2,(H,25,32)(H,26,31)/t18-,19-,20+/m1/s1. The number of urea groups is 1. The molecule has 12 heteroatoms. The van der Waals surface area contributed by atoms with Crippen molar-refractivity contribution in [3.63, 3.8) is 0 Å². The SMILES string of the molecule is O=C(N[C@@H](CCCc1ccccc1)B(O)O)[C@@H](CC(=O)N1CCOCC1)NC(=O)N1CC[C@@H](O)C1. The molecule has 0 radical (unpaired) electrons. The van der Waals surface area contributed by atoms with Gasteiger partial charge in [-0.25, -0.2) is 4.79 Å². The summed E-state index contributed by atoms with van der Waals surface area (Å²) in [5.41, 5.74) is 1.10. The summed E-state index contributed by atoms with van der Waals surface area (Å²) in [6.45, 7) is 2.10. The van der Waals surface area contributed by atoms with Gasteiger partial charge in [-0.1, -0.05) is 30.3 Å². The van der Waals surface area contributed by atoms with E-state index in [1.807, 2.05) is 30.3 Å². The fourth-order valence-corrected chi connectivity index (χ4v) is 4.24. The zero-order chi connectivity index (χ0) is 25.2. The Morgan fingerprint density at radius 2 is 1.77 bits per heavy atom. The van der Waals surface area contributed by atoms with E-state index in [9.17, 15) is 29.5 Å². The number of ether oxygens (including phenoxy) is 1. The summed E-state index contributed by atoms with van der Waals surface area (Å²) in [6.07, 6.45) is 1.15. The van der Waals surface area contributed by atoms with Crippen LogP contribution in [0.5, 0.6) is 0 Å². The normalized spacial score (nSPS) is 19.7. The van der Waals surface area contributed by atoms with Crippen LogP contribution in [-0.2, 0) is 20.7 Å². The number of morpholine rings is 1. The summed E-state index contributed by atoms with van der Waals surface area (Å²) < 4.78 is 5.26. The largest absolute Gasteiger partial charge is 0.475 e. The quantitative estimate of drug-likeness (QED) is 0.261. The molecule has 2 aliphatic heterocycles. The average molecular weight is 490 g/mol. The summed E-state index contributed by atoms with van der Waals surface area (Å²) in [5, 5.41) is 34.6. The Bertz CT molecular complexity index is 820. The van der Waals surface area contributed by atoms with Crippen LogP contribution in [0.15, 0.2) is 30.3 Å². The lowest BCUT2D eigenvalue weighted by molar-refractivity contribution is -0.138. The van der Waals surface area contributed by atoms with E-state index >= 15 is 0 Å². The van der Waals surface area contributed by atoms with Crippen LogP contribution in [0.2, 0.25) is 0 Å². The van der Waals surface area contributed by atoms with E-state index in [4.69, 9.17) is 4.74 Å². The van der Waals surface area contributed by atoms with Crippen LogP contribution >= 0.6 is 0 Å². The first-order chi connectivity index (χ1) is 16.8. The molecule has 2 saturated heterocycles. The topological polar surface area (TPSA) is 152 Å². The Balaban J connectivity index is 1.61. The molecule has 5 N–H and O–H groups in total. The van der Waals surface area contributed by atoms with E-state index in [1.54, 1.807) is 4.90 Å². The first-order valence-corrected chi connectivity index (χ1v) is 12.1. The lowest BCUT2D eigenvalue weighted by Crippen LogP contribution is -2.57. The van der Waals surface area contributed by atoms with Crippen molar-refractivity contribution in [1.82, 2.24) is 20.4 Å². The lowest BCUT2D eigenvalue weighted by Gasteiger charge is -2.29. The van der Waals surface area contributed by atoms with Gasteiger partial charge in [-0.2, -0.15) is 0 Å². The maximum atomic E-state index is 13.1. The molecule has 3 atom stereocenters. The van der Waals surface area contributed by atoms with Crippen LogP contribution in [0.4, 0.5) is 4.79 Å². The van der Waals surface area contributed by atoms with Gasteiger partial charge in [0.05, 0.1) is 31.7 Å². The number of rotatable bonds is 10. The fourth-order valence-electron chi connectivity index (χ4n) is 4.24. The third-order valence-corrected chi connectivity index (χ3v) is 6.32. The highest BCUT2D eigenvalue weighted by atomic mass is 16.5. The third kappa shape index (κ3) is 8.50. The number of likely N-dealkylation sites (tertiary alicyclic amines) is 1. The second-order valence-electron chi connectivity index (χ2n) is 8.99. The van der Waals surface area contributed by atoms with E-state index in [0.29, 0.717) is 58.5 Å². The summed E-state index contributed by atoms with van der Waals surface area (Å²) in [7, 11) is -1.80. The molecule has 0 aliphatic carbocycles. The van der Waals surface area contributed by atoms with Crippen molar-refractivity contribution in [1.29, 1.82) is 0 Å². The van der Waals surface area contributed by atoms with E-state index in [1.165, 1.54) is 4.90 Å². The van der Waals surface area contributed by atoms with Gasteiger partial charge in [-0.3, -0.25) is 9.59 Å². The number of hydrogen-bond acceptors (Lipinski definition) is 7. The van der Waals surface area contributed by atoms with Crippen LogP contribution in [0.3, 0.4) is 0 Å². The van der Waals surface area contributed by atoms with Crippen molar-refractivity contribution < 1.29 is 34.3 Å². The fraction of sp³-hybridized carbons (Fsp3) is 0.609. The average Bonchev–Trinajstić information content (AvgIpc) is 3.30. The Kier molecular flexibility index (Phi) is 10.3. The number of hydrogen-bond donors (Lipinski definition) is 5. The van der Waals surface area contributed by atoms with Crippen LogP contribution in [0.1, 0.15) is 31.2 Å². The molecule has 4 amide bonds. The highest BCUT2D eigenvalue weighted by Gasteiger charge is 2.33. The molecular weight excluding hydrogens is 455 g/mol. The molecule has 192 valence electrons. The minimum atomic E-state index is -1.80. The number of β-amino-alcohol motifs (C(OH)–C–C–N with tert-alkyl or cyclic N) is 1. The molecular formula is C23H35BN4O7. The molecule has 1 aromatic rings. The molecule has 0 saturated carbocycles. The maximum Gasteiger partial charge on any atom is 0.475 e. The van der Waals surface area contributed by atoms with Crippen LogP contribution in [0.25, 0.3) is 0 Å². The number of carbonyl (C=O) groups excluding carboxylic acids is 3. The van der Waals surface area contributed by atoms with Crippen LogP contribution in [-0.4, -0.2) is 107 Å². The number of nitrogens with zero attached hydrogens (tertiary/aromatic N) is 2. The highest BCUT2D eigenvalue weighted by Crippen LogP contribution is 2.12. The summed E-state index contributed by atoms with van der Waals surface area (Å²) in [4.78, 5) is 41.6. The zero-order valence-corrected chi connectivity index (χ0v) is 19.8. The molecule has 2 fully saturated rings. The summed E-state index contributed by atoms with van der Waals surface area (Å²) in [6, 6.07) is 7.95. The van der Waals surface area contributed by atoms with Crippen LogP contribution < -0.4 is 10.6 Å². The van der Waals surface area contributed by atoms with Crippen molar-refractivity contribution in [2.24, 2.45) is 0 Å². The van der Waals surface area contributed by atoms with E-state index in [2.05, 4.69) is 10.6 Å². The molecule has 0 unspecified atom stereocenters. The molecule has 35 heavy (non-hydrogen) atoms. The smallest absolute Gasteiger partial charge is 0.426 e. The van der Waals surface area contributed by atoms with E-state index in [0.717, 1.165) is 5.56 Å². The van der Waals surface area contributed by atoms with Crippen molar-refractivity contribution in [3.05, 3.63) is 35.9 Å². The molecule has 1 aromatic carbocycles. The molecule has 0 aromatic heterocycles. The summed E-state index contributed by atoms with van der Waals surface area (Å²) in [5.74, 6) is -1.93. The van der Waals surface area contributed by atoms with Gasteiger partial charge in [0, 0.05) is 26.2 Å². The zero-order valence-electron chi connectivity index (χ0n) is 19.8. The van der Waals surface area contributed by atoms with Gasteiger partial charge in [0.1, 0.15) is 6.04 Å². The first-order valence-electron chi connectivity index (χ1n) is 12.1. The highest BCUT2D eigenvalue weighted by molar-refractivity contribution is 6.43. The second-order valence-corrected chi connectivity index (χ2v) is 8.99. The Labute approximate surface area is 205 Å². The van der Waals surface area contributed by atoms with Gasteiger partial charge in [-0.05, 0) is 31.2 Å². The number of amides is 4. The van der Waals surface area contributed by atoms with Gasteiger partial charge in [0.15, 0.2) is 0 Å². The number of aliphatic hydroxyl groups excluding tert-OH is 1. The van der Waals surface area contributed by atoms with Crippen molar-refractivity contribution in [2.75, 3.05) is 39.4 Å². The number of aliphatic hydroxyl groups is 1. The third-order valence-electron chi connectivity index (χ3n) is 6.32. The minimum absolute atomic E-state index is 0.148. The molecule has 3 rings (SSSR count). The van der Waals surface area contributed by atoms with Gasteiger partial charge in [0.25, 0.3) is 0 Å². The number of aryl methyl sites for hydroxylation is 1. The molecule has 0 bridgehead atoms. The minimum Gasteiger partial charge on any atom is -0.426 e. The van der Waals surface area contributed by atoms with E-state index < -0.39 is 37.1 Å². The summed E-state index contributed by atoms with van der Waals surface area (Å²) >= 11 is 0. The van der Waals surface area contributed by atoms with Gasteiger partial charge >= 0.3 is 13.1 Å². The predicted molar refractivity (Wildman–Crippen MR) is 128 cm³/mol. The van der Waals surface area contributed by atoms with Gasteiger partial charge in [0.2, 0.25) is 11.8 Å². The second kappa shape index (κ2) is 13.4. The van der Waals surface area contributed by atoms with Crippen molar-refractivity contribution >= 4 is 25.0 Å². The van der Waals surface area contributed by atoms with Gasteiger partial charge in [-0.15, -0.1) is 0 Å². The molecule has 11 nitrogen and oxygen atoms in total. The molecule has 2 aliphatic rings. The van der Waals surface area contributed by atoms with Crippen molar-refractivity contribution in [2.45, 2.75) is 50.2 Å². The van der Waals surface area contributed by atoms with Crippen molar-refractivity contribution in [3.8, 4) is 0 Å². The Morgan fingerprint density at radius 1 is 1.06 bits per heavy atom. The Hall–Kier alpha value is -2.67. The van der Waals surface area contributed by atoms with E-state index in [-0.39, 0.29) is 18.9 Å². The monoisotopic (exact) mass is 490 g/mol. The van der Waals surface area contributed by atoms with Crippen LogP contribution in [0, 0.1) is 0 Å². The molecule has 0 spiro atoms. The molecule has 2 heterocycles. The van der Waals surface area contributed by atoms with Gasteiger partial charge < -0.3 is 40.3 Å². The number of nitrogens with one attached hydrogen (secondary N) is 2. The Morgan fingerprint density at radius 3 is 2.40 bits per heavy atom. The number of benzene rings is 1. The first kappa shape index (κ1) is 26.9. The number of carbonyl (C=O) groups is 3. The lowest BCUT2D eigenvalue weighted by atomic mass is 9.76.